The lowest BCUT2D eigenvalue weighted by Crippen LogP contribution is -2.53. The van der Waals surface area contributed by atoms with Crippen LogP contribution in [0.5, 0.6) is 5.75 Å². The topological polar surface area (TPSA) is 66.0 Å². The minimum Gasteiger partial charge on any atom is -0.497 e. The third-order valence-electron chi connectivity index (χ3n) is 6.66. The Hall–Kier alpha value is -2.45. The van der Waals surface area contributed by atoms with Gasteiger partial charge in [0.05, 0.1) is 18.7 Å². The van der Waals surface area contributed by atoms with Gasteiger partial charge in [0, 0.05) is 62.2 Å². The number of thiazole rings is 1. The number of amides is 2. The molecule has 0 saturated carbocycles. The largest absolute Gasteiger partial charge is 0.497 e. The van der Waals surface area contributed by atoms with Crippen molar-refractivity contribution < 1.29 is 14.3 Å². The number of carbonyl (C=O) groups excluding carboxylic acids is 2. The van der Waals surface area contributed by atoms with Crippen LogP contribution in [0.4, 0.5) is 0 Å². The minimum atomic E-state index is -0.403. The average molecular weight is 485 g/mol. The Morgan fingerprint density at radius 2 is 1.76 bits per heavy atom. The fourth-order valence-corrected chi connectivity index (χ4v) is 5.51. The minimum absolute atomic E-state index is 0.0720. The van der Waals surface area contributed by atoms with Gasteiger partial charge in [-0.25, -0.2) is 4.98 Å². The van der Waals surface area contributed by atoms with Crippen LogP contribution in [0, 0.1) is 11.3 Å². The maximum atomic E-state index is 13.2. The van der Waals surface area contributed by atoms with Crippen LogP contribution in [0.1, 0.15) is 39.3 Å². The van der Waals surface area contributed by atoms with Crippen molar-refractivity contribution in [1.82, 2.24) is 19.7 Å². The molecule has 0 spiro atoms. The molecule has 2 fully saturated rings. The van der Waals surface area contributed by atoms with Gasteiger partial charge in [0.1, 0.15) is 10.8 Å². The lowest BCUT2D eigenvalue weighted by molar-refractivity contribution is -0.146. The van der Waals surface area contributed by atoms with Gasteiger partial charge in [-0.2, -0.15) is 0 Å². The third kappa shape index (κ3) is 5.78. The molecular formula is C26H36N4O3S. The van der Waals surface area contributed by atoms with Crippen molar-refractivity contribution >= 4 is 23.2 Å². The molecule has 34 heavy (non-hydrogen) atoms. The summed E-state index contributed by atoms with van der Waals surface area (Å²) in [6.07, 6.45) is 1.78. The zero-order valence-electron chi connectivity index (χ0n) is 20.7. The van der Waals surface area contributed by atoms with E-state index in [1.54, 1.807) is 18.4 Å². The monoisotopic (exact) mass is 484 g/mol. The van der Waals surface area contributed by atoms with Crippen molar-refractivity contribution in [2.24, 2.45) is 11.3 Å². The highest BCUT2D eigenvalue weighted by atomic mass is 32.1. The molecule has 1 atom stereocenters. The molecule has 1 aromatic carbocycles. The van der Waals surface area contributed by atoms with Crippen molar-refractivity contribution in [3.8, 4) is 16.3 Å². The van der Waals surface area contributed by atoms with E-state index in [4.69, 9.17) is 9.72 Å². The number of benzene rings is 1. The highest BCUT2D eigenvalue weighted by molar-refractivity contribution is 7.13. The number of nitrogens with zero attached hydrogens (tertiary/aromatic N) is 4. The van der Waals surface area contributed by atoms with E-state index in [9.17, 15) is 9.59 Å². The molecule has 184 valence electrons. The Balaban J connectivity index is 1.27. The molecule has 0 aliphatic carbocycles. The van der Waals surface area contributed by atoms with Crippen molar-refractivity contribution in [1.29, 1.82) is 0 Å². The molecule has 2 aliphatic rings. The Morgan fingerprint density at radius 1 is 1.06 bits per heavy atom. The van der Waals surface area contributed by atoms with Gasteiger partial charge in [-0.3, -0.25) is 14.5 Å². The van der Waals surface area contributed by atoms with Crippen molar-refractivity contribution in [2.45, 2.75) is 40.2 Å². The highest BCUT2D eigenvalue weighted by Gasteiger charge is 2.35. The standard InChI is InChI=1S/C26H36N4O3S/c1-26(2,3)25(32)30-11-5-6-20(16-30)24(31)29-14-12-28(13-15-29)17-21-18-34-23(27-21)19-7-9-22(33-4)10-8-19/h7-10,18,20H,5-6,11-17H2,1-4H3. The second-order valence-electron chi connectivity index (χ2n) is 10.3. The molecular weight excluding hydrogens is 448 g/mol. The summed E-state index contributed by atoms with van der Waals surface area (Å²) in [5, 5.41) is 3.14. The fraction of sp³-hybridized carbons (Fsp3) is 0.577. The average Bonchev–Trinajstić information content (AvgIpc) is 3.31. The van der Waals surface area contributed by atoms with Crippen LogP contribution in [-0.4, -0.2) is 77.9 Å². The molecule has 0 radical (unpaired) electrons. The van der Waals surface area contributed by atoms with Gasteiger partial charge < -0.3 is 14.5 Å². The summed E-state index contributed by atoms with van der Waals surface area (Å²) >= 11 is 1.66. The highest BCUT2D eigenvalue weighted by Crippen LogP contribution is 2.27. The Morgan fingerprint density at radius 3 is 2.41 bits per heavy atom. The number of aromatic nitrogens is 1. The van der Waals surface area contributed by atoms with Gasteiger partial charge in [-0.05, 0) is 37.1 Å². The Labute approximate surface area is 206 Å². The van der Waals surface area contributed by atoms with Crippen molar-refractivity contribution in [2.75, 3.05) is 46.4 Å². The first-order valence-corrected chi connectivity index (χ1v) is 13.0. The number of methoxy groups -OCH3 is 1. The summed E-state index contributed by atoms with van der Waals surface area (Å²) < 4.78 is 5.23. The zero-order chi connectivity index (χ0) is 24.3. The van der Waals surface area contributed by atoms with Gasteiger partial charge >= 0.3 is 0 Å². The van der Waals surface area contributed by atoms with Gasteiger partial charge in [-0.15, -0.1) is 11.3 Å². The van der Waals surface area contributed by atoms with Gasteiger partial charge in [0.2, 0.25) is 11.8 Å². The lowest BCUT2D eigenvalue weighted by atomic mass is 9.90. The first-order valence-electron chi connectivity index (χ1n) is 12.1. The summed E-state index contributed by atoms with van der Waals surface area (Å²) in [6.45, 7) is 11.1. The van der Waals surface area contributed by atoms with Crippen LogP contribution in [-0.2, 0) is 16.1 Å². The Kier molecular flexibility index (Phi) is 7.57. The van der Waals surface area contributed by atoms with E-state index < -0.39 is 5.41 Å². The second kappa shape index (κ2) is 10.4. The van der Waals surface area contributed by atoms with Crippen LogP contribution in [0.2, 0.25) is 0 Å². The molecule has 1 aromatic heterocycles. The predicted molar refractivity (Wildman–Crippen MR) is 135 cm³/mol. The number of carbonyl (C=O) groups is 2. The molecule has 2 aromatic rings. The molecule has 0 N–H and O–H groups in total. The van der Waals surface area contributed by atoms with Gasteiger partial charge in [0.15, 0.2) is 0 Å². The molecule has 2 aliphatic heterocycles. The molecule has 7 nitrogen and oxygen atoms in total. The van der Waals surface area contributed by atoms with Crippen LogP contribution < -0.4 is 4.74 Å². The smallest absolute Gasteiger partial charge is 0.227 e. The van der Waals surface area contributed by atoms with Crippen LogP contribution >= 0.6 is 11.3 Å². The van der Waals surface area contributed by atoms with Gasteiger partial charge in [0.25, 0.3) is 0 Å². The summed E-state index contributed by atoms with van der Waals surface area (Å²) in [5.41, 5.74) is 1.76. The van der Waals surface area contributed by atoms with Crippen LogP contribution in [0.25, 0.3) is 10.6 Å². The maximum absolute atomic E-state index is 13.2. The molecule has 0 bridgehead atoms. The SMILES string of the molecule is COc1ccc(-c2nc(CN3CCN(C(=O)C4CCCN(C(=O)C(C)(C)C)C4)CC3)cs2)cc1. The van der Waals surface area contributed by atoms with Crippen molar-refractivity contribution in [3.05, 3.63) is 35.3 Å². The summed E-state index contributed by atoms with van der Waals surface area (Å²) in [7, 11) is 1.67. The second-order valence-corrected chi connectivity index (χ2v) is 11.2. The van der Waals surface area contributed by atoms with Gasteiger partial charge in [-0.1, -0.05) is 20.8 Å². The zero-order valence-corrected chi connectivity index (χ0v) is 21.6. The van der Waals surface area contributed by atoms with E-state index in [0.717, 1.165) is 74.1 Å². The van der Waals surface area contributed by atoms with E-state index in [0.29, 0.717) is 6.54 Å². The van der Waals surface area contributed by atoms with Crippen molar-refractivity contribution in [3.63, 3.8) is 0 Å². The molecule has 8 heteroatoms. The van der Waals surface area contributed by atoms with E-state index >= 15 is 0 Å². The quantitative estimate of drug-likeness (QED) is 0.647. The summed E-state index contributed by atoms with van der Waals surface area (Å²) in [6, 6.07) is 7.98. The number of piperidine rings is 1. The predicted octanol–water partition coefficient (Wildman–Crippen LogP) is 3.75. The third-order valence-corrected chi connectivity index (χ3v) is 7.60. The molecule has 4 rings (SSSR count). The fourth-order valence-electron chi connectivity index (χ4n) is 4.70. The number of ether oxygens (including phenoxy) is 1. The molecule has 1 unspecified atom stereocenters. The molecule has 3 heterocycles. The van der Waals surface area contributed by atoms with E-state index in [-0.39, 0.29) is 17.7 Å². The van der Waals surface area contributed by atoms with E-state index in [1.807, 2.05) is 54.8 Å². The number of hydrogen-bond donors (Lipinski definition) is 0. The maximum Gasteiger partial charge on any atom is 0.227 e. The number of likely N-dealkylation sites (tertiary alicyclic amines) is 1. The first-order chi connectivity index (χ1) is 16.2. The van der Waals surface area contributed by atoms with Crippen LogP contribution in [0.15, 0.2) is 29.6 Å². The Bertz CT molecular complexity index is 990. The first kappa shape index (κ1) is 24.7. The summed E-state index contributed by atoms with van der Waals surface area (Å²) in [4.78, 5) is 37.0. The number of rotatable bonds is 5. The van der Waals surface area contributed by atoms with Crippen LogP contribution in [0.3, 0.4) is 0 Å². The van der Waals surface area contributed by atoms with E-state index in [2.05, 4.69) is 10.3 Å². The number of hydrogen-bond acceptors (Lipinski definition) is 6. The van der Waals surface area contributed by atoms with E-state index in [1.165, 1.54) is 0 Å². The normalized spacial score (nSPS) is 19.8. The lowest BCUT2D eigenvalue weighted by Gasteiger charge is -2.40. The molecule has 2 amide bonds. The number of piperazine rings is 1. The summed E-state index contributed by atoms with van der Waals surface area (Å²) in [5.74, 6) is 1.13. The molecule has 2 saturated heterocycles.